The van der Waals surface area contributed by atoms with Gasteiger partial charge in [0, 0.05) is 29.1 Å². The third kappa shape index (κ3) is 7.82. The second-order valence-corrected chi connectivity index (χ2v) is 11.0. The number of phenols is 2. The molecule has 0 aromatic heterocycles. The first kappa shape index (κ1) is 33.8. The van der Waals surface area contributed by atoms with Crippen molar-refractivity contribution in [3.63, 3.8) is 0 Å². The number of phenolic OH excluding ortho intramolecular Hbond substituents is 2. The number of ketones is 1. The minimum atomic E-state index is -1.15. The number of aliphatic hydroxyl groups excluding tert-OH is 1. The number of aliphatic hydroxyl groups is 1. The predicted octanol–water partition coefficient (Wildman–Crippen LogP) is 3.96. The van der Waals surface area contributed by atoms with Gasteiger partial charge in [-0.1, -0.05) is 36.4 Å². The summed E-state index contributed by atoms with van der Waals surface area (Å²) in [6, 6.07) is 24.3. The molecule has 230 valence electrons. The van der Waals surface area contributed by atoms with Crippen molar-refractivity contribution in [1.82, 2.24) is 5.32 Å². The Morgan fingerprint density at radius 3 is 2.07 bits per heavy atom. The first-order valence-electron chi connectivity index (χ1n) is 13.5. The number of amides is 1. The van der Waals surface area contributed by atoms with Gasteiger partial charge in [0.15, 0.2) is 5.78 Å². The maximum atomic E-state index is 12.9. The molecule has 5 rings (SSSR count). The summed E-state index contributed by atoms with van der Waals surface area (Å²) in [7, 11) is 1.84. The fourth-order valence-electron chi connectivity index (χ4n) is 4.55. The van der Waals surface area contributed by atoms with E-state index in [4.69, 9.17) is 10.2 Å². The number of carbonyl (C=O) groups is 3. The van der Waals surface area contributed by atoms with Crippen LogP contribution in [0.3, 0.4) is 0 Å². The topological polar surface area (TPSA) is 179 Å². The molecule has 1 aliphatic rings. The van der Waals surface area contributed by atoms with E-state index in [-0.39, 0.29) is 39.8 Å². The Morgan fingerprint density at radius 1 is 0.886 bits per heavy atom. The van der Waals surface area contributed by atoms with Gasteiger partial charge in [0.25, 0.3) is 5.91 Å². The largest absolute Gasteiger partial charge is 0.508 e. The van der Waals surface area contributed by atoms with E-state index >= 15 is 0 Å². The van der Waals surface area contributed by atoms with Crippen molar-refractivity contribution in [3.05, 3.63) is 119 Å². The summed E-state index contributed by atoms with van der Waals surface area (Å²) in [5, 5.41) is 41.1. The van der Waals surface area contributed by atoms with Crippen LogP contribution in [0.5, 0.6) is 11.5 Å². The molecule has 1 heterocycles. The molecule has 4 aromatic carbocycles. The van der Waals surface area contributed by atoms with Gasteiger partial charge in [-0.15, -0.1) is 11.8 Å². The molecule has 0 fully saturated rings. The molecule has 0 bridgehead atoms. The molecule has 0 unspecified atom stereocenters. The van der Waals surface area contributed by atoms with E-state index in [1.54, 1.807) is 41.3 Å². The first-order chi connectivity index (χ1) is 20.6. The van der Waals surface area contributed by atoms with Gasteiger partial charge >= 0.3 is 5.97 Å². The summed E-state index contributed by atoms with van der Waals surface area (Å²) < 4.78 is 0. The predicted molar refractivity (Wildman–Crippen MR) is 169 cm³/mol. The summed E-state index contributed by atoms with van der Waals surface area (Å²) in [5.41, 5.74) is 3.18. The van der Waals surface area contributed by atoms with E-state index in [2.05, 4.69) is 5.32 Å². The number of thioether (sulfide) groups is 1. The van der Waals surface area contributed by atoms with Crippen LogP contribution in [0.15, 0.2) is 95.9 Å². The van der Waals surface area contributed by atoms with Crippen molar-refractivity contribution in [2.45, 2.75) is 23.2 Å². The van der Waals surface area contributed by atoms with Gasteiger partial charge in [-0.3, -0.25) is 9.59 Å². The van der Waals surface area contributed by atoms with Crippen molar-refractivity contribution in [1.29, 1.82) is 0 Å². The Balaban J connectivity index is 0.000000247. The van der Waals surface area contributed by atoms with Gasteiger partial charge in [0.2, 0.25) is 0 Å². The Bertz CT molecular complexity index is 1610. The highest BCUT2D eigenvalue weighted by molar-refractivity contribution is 7.99. The Kier molecular flexibility index (Phi) is 11.7. The molecular weight excluding hydrogens is 584 g/mol. The third-order valence-corrected chi connectivity index (χ3v) is 8.17. The van der Waals surface area contributed by atoms with E-state index in [1.165, 1.54) is 48.2 Å². The van der Waals surface area contributed by atoms with Crippen LogP contribution < -0.4 is 10.2 Å². The van der Waals surface area contributed by atoms with Crippen LogP contribution in [0, 0.1) is 6.92 Å². The minimum Gasteiger partial charge on any atom is -0.508 e. The lowest BCUT2D eigenvalue weighted by atomic mass is 9.98. The Labute approximate surface area is 258 Å². The highest BCUT2D eigenvalue weighted by Crippen LogP contribution is 2.46. The van der Waals surface area contributed by atoms with Gasteiger partial charge in [0.1, 0.15) is 17.6 Å². The molecule has 1 aliphatic heterocycles. The molecule has 0 radical (unpaired) electrons. The first-order valence-corrected chi connectivity index (χ1v) is 14.3. The number of benzene rings is 4. The number of aromatic hydroxyl groups is 2. The van der Waals surface area contributed by atoms with Crippen LogP contribution in [0.4, 0.5) is 5.69 Å². The molecular formula is C33H34N2O8S. The lowest BCUT2D eigenvalue weighted by molar-refractivity contribution is -0.126. The average Bonchev–Trinajstić information content (AvgIpc) is 3.10. The highest BCUT2D eigenvalue weighted by atomic mass is 32.2. The molecule has 1 amide bonds. The maximum Gasteiger partial charge on any atom is 0.336 e. The van der Waals surface area contributed by atoms with Crippen molar-refractivity contribution in [2.24, 2.45) is 0 Å². The van der Waals surface area contributed by atoms with Crippen LogP contribution in [-0.4, -0.2) is 69.8 Å². The van der Waals surface area contributed by atoms with Crippen LogP contribution in [0.2, 0.25) is 0 Å². The van der Waals surface area contributed by atoms with Crippen LogP contribution in [-0.2, 0) is 4.79 Å². The maximum absolute atomic E-state index is 12.9. The molecule has 0 saturated carbocycles. The number of carboxylic acid groups (broad SMARTS) is 1. The number of fused-ring (bicyclic) bond motifs is 1. The monoisotopic (exact) mass is 618 g/mol. The van der Waals surface area contributed by atoms with E-state index in [0.717, 1.165) is 21.7 Å². The number of likely N-dealkylation sites (N-methyl/N-ethyl adjacent to an activating group) is 1. The number of rotatable bonds is 7. The van der Waals surface area contributed by atoms with E-state index in [0.29, 0.717) is 18.7 Å². The minimum absolute atomic E-state index is 0. The zero-order chi connectivity index (χ0) is 31.1. The molecule has 7 N–H and O–H groups in total. The number of hydrogen-bond donors (Lipinski definition) is 5. The number of aryl methyl sites for hydroxylation is 1. The fraction of sp³-hybridized carbons (Fsp3) is 0.182. The van der Waals surface area contributed by atoms with E-state index in [1.807, 2.05) is 32.2 Å². The molecule has 4 aromatic rings. The summed E-state index contributed by atoms with van der Waals surface area (Å²) >= 11 is 1.49. The third-order valence-electron chi connectivity index (χ3n) is 6.80. The van der Waals surface area contributed by atoms with Gasteiger partial charge in [-0.25, -0.2) is 4.79 Å². The van der Waals surface area contributed by atoms with Crippen LogP contribution >= 0.6 is 11.8 Å². The average molecular weight is 619 g/mol. The highest BCUT2D eigenvalue weighted by Gasteiger charge is 2.37. The lowest BCUT2D eigenvalue weighted by Crippen LogP contribution is -2.43. The molecule has 10 nitrogen and oxygen atoms in total. The van der Waals surface area contributed by atoms with Crippen LogP contribution in [0.25, 0.3) is 0 Å². The second-order valence-electron chi connectivity index (χ2n) is 9.87. The number of hydrogen-bond acceptors (Lipinski definition) is 8. The molecule has 2 atom stereocenters. The second kappa shape index (κ2) is 15.2. The Morgan fingerprint density at radius 2 is 1.48 bits per heavy atom. The van der Waals surface area contributed by atoms with Crippen molar-refractivity contribution >= 4 is 35.1 Å². The van der Waals surface area contributed by atoms with Crippen LogP contribution in [0.1, 0.15) is 42.7 Å². The zero-order valence-corrected chi connectivity index (χ0v) is 24.9. The van der Waals surface area contributed by atoms with Gasteiger partial charge in [0.05, 0.1) is 16.5 Å². The van der Waals surface area contributed by atoms with Gasteiger partial charge in [-0.2, -0.15) is 0 Å². The fourth-order valence-corrected chi connectivity index (χ4v) is 5.92. The van der Waals surface area contributed by atoms with Crippen molar-refractivity contribution < 1.29 is 40.3 Å². The standard InChI is InChI=1S/C19H22N2O3S.C14H10O4.H2O/c1-12-3-8-15-16(11-12)25-18(13-4-6-14(22)7-5-13)17(23)19(24)21(15)10-9-20-2;15-10-7-5-9(6-8-10)13(16)11-3-1-2-4-12(11)14(17)18;/h3-8,11,17-18,20,22-23H,9-10H2,1-2H3;1-8,15H,(H,17,18);1H2/t17-,18+;;/m1../s1. The number of nitrogens with zero attached hydrogens (tertiary/aromatic N) is 1. The summed E-state index contributed by atoms with van der Waals surface area (Å²) in [6.45, 7) is 3.14. The number of anilines is 1. The molecule has 0 saturated heterocycles. The summed E-state index contributed by atoms with van der Waals surface area (Å²) in [4.78, 5) is 38.7. The summed E-state index contributed by atoms with van der Waals surface area (Å²) in [6.07, 6.45) is -1.15. The quantitative estimate of drug-likeness (QED) is 0.192. The number of carbonyl (C=O) groups excluding carboxylic acids is 2. The summed E-state index contributed by atoms with van der Waals surface area (Å²) in [5.74, 6) is -1.61. The van der Waals surface area contributed by atoms with Gasteiger partial charge < -0.3 is 36.1 Å². The van der Waals surface area contributed by atoms with Crippen molar-refractivity contribution in [3.8, 4) is 11.5 Å². The molecule has 0 aliphatic carbocycles. The Hall–Kier alpha value is -4.68. The normalized spacial score (nSPS) is 15.6. The van der Waals surface area contributed by atoms with Crippen molar-refractivity contribution in [2.75, 3.05) is 25.0 Å². The van der Waals surface area contributed by atoms with E-state index in [9.17, 15) is 24.6 Å². The van der Waals surface area contributed by atoms with E-state index < -0.39 is 17.3 Å². The lowest BCUT2D eigenvalue weighted by Gasteiger charge is -2.25. The molecule has 11 heteroatoms. The molecule has 44 heavy (non-hydrogen) atoms. The number of nitrogens with one attached hydrogen (secondary N) is 1. The number of carboxylic acids is 1. The smallest absolute Gasteiger partial charge is 0.336 e. The molecule has 0 spiro atoms. The number of aromatic carboxylic acids is 1. The SMILES string of the molecule is CNCCN1C(=O)[C@H](O)[C@H](c2ccc(O)cc2)Sc2cc(C)ccc21.O.O=C(O)c1ccccc1C(=O)c1ccc(O)cc1. The zero-order valence-electron chi connectivity index (χ0n) is 24.1. The van der Waals surface area contributed by atoms with Gasteiger partial charge in [-0.05, 0) is 79.7 Å².